The number of amides is 2. The predicted molar refractivity (Wildman–Crippen MR) is 76.5 cm³/mol. The van der Waals surface area contributed by atoms with Crippen LogP contribution in [0, 0.1) is 0 Å². The lowest BCUT2D eigenvalue weighted by Crippen LogP contribution is -2.52. The maximum absolute atomic E-state index is 11.6. The van der Waals surface area contributed by atoms with Crippen molar-refractivity contribution in [2.24, 2.45) is 5.73 Å². The third-order valence-corrected chi connectivity index (χ3v) is 2.41. The van der Waals surface area contributed by atoms with Gasteiger partial charge in [-0.05, 0) is 11.6 Å². The third kappa shape index (κ3) is 6.12. The van der Waals surface area contributed by atoms with Crippen LogP contribution in [0.2, 0.25) is 0 Å². The maximum Gasteiger partial charge on any atom is 0.257 e. The number of carbonyl (C=O) groups is 2. The normalized spacial score (nSPS) is 12.1. The second kappa shape index (κ2) is 8.84. The Hall–Kier alpha value is -2.18. The molecule has 0 aromatic heterocycles. The molecule has 0 bridgehead atoms. The van der Waals surface area contributed by atoms with Crippen molar-refractivity contribution < 1.29 is 14.3 Å². The minimum absolute atomic E-state index is 0.346. The van der Waals surface area contributed by atoms with Crippen LogP contribution in [0.1, 0.15) is 5.56 Å². The number of nitrogens with two attached hydrogens (primary N) is 1. The van der Waals surface area contributed by atoms with Crippen LogP contribution >= 0.6 is 0 Å². The lowest BCUT2D eigenvalue weighted by atomic mass is 10.2. The Morgan fingerprint density at radius 3 is 2.70 bits per heavy atom. The highest BCUT2D eigenvalue weighted by Crippen LogP contribution is 2.00. The number of hydrogen-bond donors (Lipinski definition) is 3. The van der Waals surface area contributed by atoms with E-state index >= 15 is 0 Å². The molecule has 1 aromatic rings. The zero-order valence-corrected chi connectivity index (χ0v) is 11.3. The fraction of sp³-hybridized carbons (Fsp3) is 0.286. The number of ether oxygens (including phenoxy) is 1. The van der Waals surface area contributed by atoms with Gasteiger partial charge in [-0.15, -0.1) is 0 Å². The van der Waals surface area contributed by atoms with E-state index in [4.69, 9.17) is 10.5 Å². The lowest BCUT2D eigenvalue weighted by molar-refractivity contribution is -0.127. The molecule has 0 saturated heterocycles. The standard InChI is InChI=1S/C14H19N3O3/c1-20-10-9-16-14(19)13(15)17-12(18)8-7-11-5-3-2-4-6-11/h2-8,13H,9-10,15H2,1H3,(H,16,19)(H,17,18). The monoisotopic (exact) mass is 277 g/mol. The van der Waals surface area contributed by atoms with Gasteiger partial charge in [-0.1, -0.05) is 30.3 Å². The van der Waals surface area contributed by atoms with E-state index in [2.05, 4.69) is 10.6 Å². The van der Waals surface area contributed by atoms with Gasteiger partial charge >= 0.3 is 0 Å². The molecule has 1 unspecified atom stereocenters. The van der Waals surface area contributed by atoms with Crippen LogP contribution in [-0.2, 0) is 14.3 Å². The quantitative estimate of drug-likeness (QED) is 0.367. The smallest absolute Gasteiger partial charge is 0.257 e. The molecule has 108 valence electrons. The van der Waals surface area contributed by atoms with Crippen molar-refractivity contribution in [1.29, 1.82) is 0 Å². The van der Waals surface area contributed by atoms with E-state index in [1.165, 1.54) is 13.2 Å². The summed E-state index contributed by atoms with van der Waals surface area (Å²) in [4.78, 5) is 23.1. The number of nitrogens with one attached hydrogen (secondary N) is 2. The average Bonchev–Trinajstić information content (AvgIpc) is 2.46. The fourth-order valence-electron chi connectivity index (χ4n) is 1.39. The summed E-state index contributed by atoms with van der Waals surface area (Å²) in [5.41, 5.74) is 6.44. The Kier molecular flexibility index (Phi) is 7.02. The maximum atomic E-state index is 11.6. The molecule has 0 aliphatic carbocycles. The molecule has 1 atom stereocenters. The van der Waals surface area contributed by atoms with Crippen molar-refractivity contribution in [2.45, 2.75) is 6.17 Å². The van der Waals surface area contributed by atoms with Gasteiger partial charge < -0.3 is 21.1 Å². The van der Waals surface area contributed by atoms with Crippen LogP contribution in [0.3, 0.4) is 0 Å². The highest BCUT2D eigenvalue weighted by atomic mass is 16.5. The number of methoxy groups -OCH3 is 1. The SMILES string of the molecule is COCCNC(=O)C(N)NC(=O)C=Cc1ccccc1. The second-order valence-electron chi connectivity index (χ2n) is 4.01. The predicted octanol–water partition coefficient (Wildman–Crippen LogP) is -0.137. The Morgan fingerprint density at radius 1 is 1.35 bits per heavy atom. The van der Waals surface area contributed by atoms with Gasteiger partial charge in [0.1, 0.15) is 0 Å². The molecule has 0 spiro atoms. The molecule has 4 N–H and O–H groups in total. The zero-order chi connectivity index (χ0) is 14.8. The van der Waals surface area contributed by atoms with E-state index in [1.807, 2.05) is 30.3 Å². The van der Waals surface area contributed by atoms with Gasteiger partial charge in [-0.3, -0.25) is 9.59 Å². The molecule has 0 saturated carbocycles. The van der Waals surface area contributed by atoms with E-state index in [0.717, 1.165) is 5.56 Å². The van der Waals surface area contributed by atoms with Crippen LogP contribution in [-0.4, -0.2) is 38.2 Å². The van der Waals surface area contributed by atoms with Crippen molar-refractivity contribution >= 4 is 17.9 Å². The molecule has 2 amide bonds. The largest absolute Gasteiger partial charge is 0.383 e. The first-order valence-corrected chi connectivity index (χ1v) is 6.19. The van der Waals surface area contributed by atoms with E-state index in [9.17, 15) is 9.59 Å². The summed E-state index contributed by atoms with van der Waals surface area (Å²) in [7, 11) is 1.53. The van der Waals surface area contributed by atoms with E-state index in [-0.39, 0.29) is 0 Å². The Labute approximate surface area is 118 Å². The lowest BCUT2D eigenvalue weighted by Gasteiger charge is -2.12. The molecule has 1 aromatic carbocycles. The molecule has 6 nitrogen and oxygen atoms in total. The van der Waals surface area contributed by atoms with Gasteiger partial charge in [0.05, 0.1) is 6.61 Å². The van der Waals surface area contributed by atoms with E-state index in [1.54, 1.807) is 6.08 Å². The first kappa shape index (κ1) is 15.9. The fourth-order valence-corrected chi connectivity index (χ4v) is 1.39. The summed E-state index contributed by atoms with van der Waals surface area (Å²) in [5.74, 6) is -0.883. The number of hydrogen-bond acceptors (Lipinski definition) is 4. The van der Waals surface area contributed by atoms with Gasteiger partial charge in [0.15, 0.2) is 6.17 Å². The Morgan fingerprint density at radius 2 is 2.05 bits per heavy atom. The molecule has 1 rings (SSSR count). The van der Waals surface area contributed by atoms with Crippen molar-refractivity contribution in [3.8, 4) is 0 Å². The first-order valence-electron chi connectivity index (χ1n) is 6.19. The topological polar surface area (TPSA) is 93.4 Å². The highest BCUT2D eigenvalue weighted by molar-refractivity contribution is 5.95. The minimum Gasteiger partial charge on any atom is -0.383 e. The first-order chi connectivity index (χ1) is 9.63. The summed E-state index contributed by atoms with van der Waals surface area (Å²) in [5, 5.41) is 4.91. The molecule has 6 heteroatoms. The van der Waals surface area contributed by atoms with Gasteiger partial charge in [-0.25, -0.2) is 0 Å². The highest BCUT2D eigenvalue weighted by Gasteiger charge is 2.13. The summed E-state index contributed by atoms with van der Waals surface area (Å²) < 4.78 is 4.79. The number of carbonyl (C=O) groups excluding carboxylic acids is 2. The third-order valence-electron chi connectivity index (χ3n) is 2.41. The van der Waals surface area contributed by atoms with Gasteiger partial charge in [-0.2, -0.15) is 0 Å². The summed E-state index contributed by atoms with van der Waals surface area (Å²) in [6, 6.07) is 9.35. The van der Waals surface area contributed by atoms with Crippen molar-refractivity contribution in [3.05, 3.63) is 42.0 Å². The number of benzene rings is 1. The van der Waals surface area contributed by atoms with Crippen molar-refractivity contribution in [3.63, 3.8) is 0 Å². The molecular formula is C14H19N3O3. The van der Waals surface area contributed by atoms with Gasteiger partial charge in [0.2, 0.25) is 5.91 Å². The molecular weight excluding hydrogens is 258 g/mol. The molecule has 0 aliphatic rings. The molecule has 0 aliphatic heterocycles. The Bertz CT molecular complexity index is 460. The van der Waals surface area contributed by atoms with Gasteiger partial charge in [0.25, 0.3) is 5.91 Å². The summed E-state index contributed by atoms with van der Waals surface area (Å²) >= 11 is 0. The second-order valence-corrected chi connectivity index (χ2v) is 4.01. The zero-order valence-electron chi connectivity index (χ0n) is 11.3. The minimum atomic E-state index is -1.08. The van der Waals surface area contributed by atoms with Crippen LogP contribution in [0.5, 0.6) is 0 Å². The van der Waals surface area contributed by atoms with Crippen LogP contribution in [0.4, 0.5) is 0 Å². The van der Waals surface area contributed by atoms with Crippen molar-refractivity contribution in [2.75, 3.05) is 20.3 Å². The van der Waals surface area contributed by atoms with E-state index in [0.29, 0.717) is 13.2 Å². The Balaban J connectivity index is 2.38. The summed E-state index contributed by atoms with van der Waals surface area (Å²) in [6.45, 7) is 0.735. The number of rotatable bonds is 7. The van der Waals surface area contributed by atoms with Crippen LogP contribution in [0.25, 0.3) is 6.08 Å². The van der Waals surface area contributed by atoms with Gasteiger partial charge in [0, 0.05) is 19.7 Å². The van der Waals surface area contributed by atoms with Crippen LogP contribution in [0.15, 0.2) is 36.4 Å². The molecule has 20 heavy (non-hydrogen) atoms. The average molecular weight is 277 g/mol. The van der Waals surface area contributed by atoms with E-state index < -0.39 is 18.0 Å². The molecule has 0 heterocycles. The summed E-state index contributed by atoms with van der Waals surface area (Å²) in [6.07, 6.45) is 1.89. The van der Waals surface area contributed by atoms with Crippen molar-refractivity contribution in [1.82, 2.24) is 10.6 Å². The molecule has 0 radical (unpaired) electrons. The molecule has 0 fully saturated rings. The van der Waals surface area contributed by atoms with Crippen LogP contribution < -0.4 is 16.4 Å².